The van der Waals surface area contributed by atoms with E-state index in [1.165, 1.54) is 12.1 Å². The van der Waals surface area contributed by atoms with Crippen LogP contribution >= 0.6 is 28.1 Å². The average Bonchev–Trinajstić information content (AvgIpc) is 3.44. The van der Waals surface area contributed by atoms with E-state index in [1.807, 2.05) is 35.2 Å². The van der Waals surface area contributed by atoms with Gasteiger partial charge in [-0.3, -0.25) is 9.71 Å². The molecule has 7 nitrogen and oxygen atoms in total. The van der Waals surface area contributed by atoms with Crippen molar-refractivity contribution in [2.24, 2.45) is 0 Å². The molecule has 5 rings (SSSR count). The van der Waals surface area contributed by atoms with Gasteiger partial charge >= 0.3 is 0 Å². The first-order chi connectivity index (χ1) is 17.2. The number of halogens is 2. The topological polar surface area (TPSA) is 87.5 Å². The Hall–Kier alpha value is -3.28. The molecule has 36 heavy (non-hydrogen) atoms. The van der Waals surface area contributed by atoms with Gasteiger partial charge in [-0.1, -0.05) is 6.07 Å². The molecule has 4 aromatic rings. The van der Waals surface area contributed by atoms with Crippen molar-refractivity contribution in [3.8, 4) is 11.3 Å². The van der Waals surface area contributed by atoms with Crippen LogP contribution in [-0.2, 0) is 10.0 Å². The van der Waals surface area contributed by atoms with E-state index in [1.54, 1.807) is 36.5 Å². The van der Waals surface area contributed by atoms with Gasteiger partial charge in [0.1, 0.15) is 23.4 Å². The number of anilines is 2. The normalized spacial score (nSPS) is 17.8. The van der Waals surface area contributed by atoms with Gasteiger partial charge in [0.05, 0.1) is 18.0 Å². The summed E-state index contributed by atoms with van der Waals surface area (Å²) in [6, 6.07) is 20.0. The van der Waals surface area contributed by atoms with E-state index in [2.05, 4.69) is 31.0 Å². The highest BCUT2D eigenvalue weighted by molar-refractivity contribution is 9.10. The van der Waals surface area contributed by atoms with E-state index in [9.17, 15) is 12.8 Å². The highest BCUT2D eigenvalue weighted by Gasteiger charge is 2.42. The zero-order chi connectivity index (χ0) is 25.4. The van der Waals surface area contributed by atoms with Crippen LogP contribution in [0.15, 0.2) is 87.9 Å². The second kappa shape index (κ2) is 9.64. The van der Waals surface area contributed by atoms with Gasteiger partial charge in [0.15, 0.2) is 5.11 Å². The number of sulfonamides is 1. The molecule has 0 spiro atoms. The monoisotopic (exact) mass is 586 g/mol. The summed E-state index contributed by atoms with van der Waals surface area (Å²) >= 11 is 9.13. The summed E-state index contributed by atoms with van der Waals surface area (Å²) in [5, 5.41) is 3.83. The number of benzene rings is 2. The van der Waals surface area contributed by atoms with Crippen molar-refractivity contribution in [2.45, 2.75) is 12.1 Å². The van der Waals surface area contributed by atoms with Crippen LogP contribution in [0.4, 0.5) is 15.8 Å². The number of thiocarbonyl (C=S) groups is 1. The van der Waals surface area contributed by atoms with Crippen LogP contribution in [0, 0.1) is 5.82 Å². The lowest BCUT2D eigenvalue weighted by Crippen LogP contribution is -2.29. The summed E-state index contributed by atoms with van der Waals surface area (Å²) in [5.74, 6) is 0.850. The smallest absolute Gasteiger partial charge is 0.229 e. The quantitative estimate of drug-likeness (QED) is 0.276. The fourth-order valence-corrected chi connectivity index (χ4v) is 5.63. The van der Waals surface area contributed by atoms with Crippen molar-refractivity contribution in [2.75, 3.05) is 15.9 Å². The maximum Gasteiger partial charge on any atom is 0.229 e. The standard InChI is InChI=1S/C25H20BrFN4O3S2/c1-36(32,33)30-16-6-8-17(9-7-16)31-24(23(29-25(31)35)20-4-2-3-13-28-20)22-12-11-21(34-22)18-10-5-15(27)14-19(18)26/h2-14,23-24,30H,1H3,(H,29,35)/t23-,24+/m1/s1. The van der Waals surface area contributed by atoms with Crippen LogP contribution in [-0.4, -0.2) is 24.8 Å². The van der Waals surface area contributed by atoms with Crippen molar-refractivity contribution in [3.63, 3.8) is 0 Å². The summed E-state index contributed by atoms with van der Waals surface area (Å²) in [5.41, 5.74) is 2.69. The number of pyridine rings is 1. The van der Waals surface area contributed by atoms with Crippen molar-refractivity contribution < 1.29 is 17.2 Å². The lowest BCUT2D eigenvalue weighted by Gasteiger charge is -2.26. The summed E-state index contributed by atoms with van der Waals surface area (Å²) in [6.07, 6.45) is 2.82. The second-order valence-corrected chi connectivity index (χ2v) is 11.2. The van der Waals surface area contributed by atoms with Gasteiger partial charge in [0.25, 0.3) is 0 Å². The lowest BCUT2D eigenvalue weighted by molar-refractivity contribution is 0.439. The molecule has 1 saturated heterocycles. The molecular formula is C25H20BrFN4O3S2. The maximum absolute atomic E-state index is 13.6. The molecule has 1 fully saturated rings. The minimum absolute atomic E-state index is 0.317. The molecule has 0 aliphatic carbocycles. The Bertz CT molecular complexity index is 1530. The van der Waals surface area contributed by atoms with E-state index in [0.717, 1.165) is 17.6 Å². The van der Waals surface area contributed by atoms with Crippen LogP contribution in [0.25, 0.3) is 11.3 Å². The van der Waals surface area contributed by atoms with Crippen LogP contribution in [0.2, 0.25) is 0 Å². The SMILES string of the molecule is CS(=O)(=O)Nc1ccc(N2C(=S)N[C@H](c3ccccn3)[C@@H]2c2ccc(-c3ccc(F)cc3Br)o2)cc1. The van der Waals surface area contributed by atoms with Crippen molar-refractivity contribution >= 4 is 54.7 Å². The van der Waals surface area contributed by atoms with E-state index >= 15 is 0 Å². The average molecular weight is 587 g/mol. The highest BCUT2D eigenvalue weighted by Crippen LogP contribution is 2.43. The number of nitrogens with one attached hydrogen (secondary N) is 2. The molecule has 11 heteroatoms. The number of furan rings is 1. The van der Waals surface area contributed by atoms with Gasteiger partial charge < -0.3 is 14.6 Å². The van der Waals surface area contributed by atoms with Gasteiger partial charge in [-0.2, -0.15) is 0 Å². The van der Waals surface area contributed by atoms with Crippen molar-refractivity contribution in [1.29, 1.82) is 0 Å². The summed E-state index contributed by atoms with van der Waals surface area (Å²) in [7, 11) is -3.40. The third-order valence-electron chi connectivity index (χ3n) is 5.66. The van der Waals surface area contributed by atoms with E-state index in [-0.39, 0.29) is 11.9 Å². The van der Waals surface area contributed by atoms with Crippen molar-refractivity contribution in [1.82, 2.24) is 10.3 Å². The second-order valence-electron chi connectivity index (χ2n) is 8.24. The molecule has 0 amide bonds. The predicted octanol–water partition coefficient (Wildman–Crippen LogP) is 5.79. The third-order valence-corrected chi connectivity index (χ3v) is 7.24. The largest absolute Gasteiger partial charge is 0.459 e. The minimum atomic E-state index is -3.40. The molecule has 2 N–H and O–H groups in total. The molecule has 0 saturated carbocycles. The summed E-state index contributed by atoms with van der Waals surface area (Å²) < 4.78 is 46.2. The Morgan fingerprint density at radius 1 is 1.11 bits per heavy atom. The van der Waals surface area contributed by atoms with Gasteiger partial charge in [0, 0.05) is 27.6 Å². The molecule has 184 valence electrons. The van der Waals surface area contributed by atoms with Gasteiger partial charge in [-0.15, -0.1) is 0 Å². The van der Waals surface area contributed by atoms with Crippen LogP contribution in [0.3, 0.4) is 0 Å². The number of rotatable bonds is 6. The third kappa shape index (κ3) is 4.99. The number of aromatic nitrogens is 1. The molecule has 0 bridgehead atoms. The first kappa shape index (κ1) is 24.4. The molecule has 3 heterocycles. The van der Waals surface area contributed by atoms with Gasteiger partial charge in [-0.25, -0.2) is 12.8 Å². The molecule has 2 aromatic heterocycles. The molecule has 0 radical (unpaired) electrons. The van der Waals surface area contributed by atoms with E-state index in [0.29, 0.717) is 32.4 Å². The Kier molecular flexibility index (Phi) is 6.54. The Labute approximate surface area is 221 Å². The van der Waals surface area contributed by atoms with Crippen LogP contribution in [0.1, 0.15) is 23.5 Å². The number of hydrogen-bond acceptors (Lipinski definition) is 5. The Morgan fingerprint density at radius 2 is 1.89 bits per heavy atom. The van der Waals surface area contributed by atoms with Crippen LogP contribution < -0.4 is 14.9 Å². The maximum atomic E-state index is 13.6. The minimum Gasteiger partial charge on any atom is -0.459 e. The predicted molar refractivity (Wildman–Crippen MR) is 145 cm³/mol. The summed E-state index contributed by atoms with van der Waals surface area (Å²) in [4.78, 5) is 6.44. The molecule has 1 aliphatic rings. The lowest BCUT2D eigenvalue weighted by atomic mass is 10.0. The van der Waals surface area contributed by atoms with Gasteiger partial charge in [0.2, 0.25) is 10.0 Å². The number of hydrogen-bond donors (Lipinski definition) is 2. The highest BCUT2D eigenvalue weighted by atomic mass is 79.9. The first-order valence-corrected chi connectivity index (χ1v) is 13.9. The first-order valence-electron chi connectivity index (χ1n) is 10.8. The Morgan fingerprint density at radius 3 is 2.56 bits per heavy atom. The molecule has 0 unspecified atom stereocenters. The molecular weight excluding hydrogens is 567 g/mol. The fraction of sp³-hybridized carbons (Fsp3) is 0.120. The van der Waals surface area contributed by atoms with E-state index in [4.69, 9.17) is 16.6 Å². The van der Waals surface area contributed by atoms with Gasteiger partial charge in [-0.05, 0) is 94.9 Å². The molecule has 2 atom stereocenters. The zero-order valence-electron chi connectivity index (χ0n) is 18.9. The van der Waals surface area contributed by atoms with Crippen molar-refractivity contribution in [3.05, 3.63) is 101 Å². The molecule has 1 aliphatic heterocycles. The fourth-order valence-electron chi connectivity index (χ4n) is 4.17. The summed E-state index contributed by atoms with van der Waals surface area (Å²) in [6.45, 7) is 0. The number of nitrogens with zero attached hydrogens (tertiary/aromatic N) is 2. The zero-order valence-corrected chi connectivity index (χ0v) is 22.1. The van der Waals surface area contributed by atoms with Crippen LogP contribution in [0.5, 0.6) is 0 Å². The Balaban J connectivity index is 1.56. The molecule has 2 aromatic carbocycles. The van der Waals surface area contributed by atoms with E-state index < -0.39 is 16.1 Å².